The predicted molar refractivity (Wildman–Crippen MR) is 88.4 cm³/mol. The van der Waals surface area contributed by atoms with Crippen molar-refractivity contribution in [2.24, 2.45) is 23.7 Å². The summed E-state index contributed by atoms with van der Waals surface area (Å²) in [6.45, 7) is 4.25. The lowest BCUT2D eigenvalue weighted by Crippen LogP contribution is -2.25. The van der Waals surface area contributed by atoms with Crippen molar-refractivity contribution in [3.63, 3.8) is 0 Å². The lowest BCUT2D eigenvalue weighted by Gasteiger charge is -2.36. The smallest absolute Gasteiger partial charge is 0.0203 e. The van der Waals surface area contributed by atoms with Gasteiger partial charge in [-0.05, 0) is 82.5 Å². The molecule has 112 valence electrons. The van der Waals surface area contributed by atoms with Gasteiger partial charge in [0.25, 0.3) is 0 Å². The van der Waals surface area contributed by atoms with Gasteiger partial charge in [-0.25, -0.2) is 0 Å². The first-order valence-corrected chi connectivity index (χ1v) is 8.92. The van der Waals surface area contributed by atoms with Gasteiger partial charge in [-0.2, -0.15) is 0 Å². The second-order valence-electron chi connectivity index (χ2n) is 6.90. The molecule has 0 amide bonds. The Morgan fingerprint density at radius 1 is 0.900 bits per heavy atom. The summed E-state index contributed by atoms with van der Waals surface area (Å²) in [6.07, 6.45) is 18.9. The number of rotatable bonds is 4. The lowest BCUT2D eigenvalue weighted by atomic mass is 9.69. The molecule has 0 aromatic carbocycles. The minimum Gasteiger partial charge on any atom is -0.106 e. The van der Waals surface area contributed by atoms with E-state index in [2.05, 4.69) is 30.9 Å². The van der Waals surface area contributed by atoms with Crippen LogP contribution in [0.3, 0.4) is 0 Å². The Kier molecular flexibility index (Phi) is 6.71. The molecule has 0 heteroatoms. The molecule has 0 spiro atoms. The summed E-state index contributed by atoms with van der Waals surface area (Å²) in [5.74, 6) is 10.1. The van der Waals surface area contributed by atoms with E-state index < -0.39 is 0 Å². The van der Waals surface area contributed by atoms with E-state index in [-0.39, 0.29) is 0 Å². The first-order chi connectivity index (χ1) is 9.83. The summed E-state index contributed by atoms with van der Waals surface area (Å²) in [6, 6.07) is 0. The third-order valence-electron chi connectivity index (χ3n) is 5.47. The number of hydrogen-bond donors (Lipinski definition) is 0. The fourth-order valence-corrected chi connectivity index (χ4v) is 4.20. The van der Waals surface area contributed by atoms with Crippen LogP contribution in [0, 0.1) is 35.5 Å². The maximum Gasteiger partial charge on any atom is 0.0203 e. The maximum atomic E-state index is 3.38. The highest BCUT2D eigenvalue weighted by Crippen LogP contribution is 2.41. The van der Waals surface area contributed by atoms with Gasteiger partial charge in [0.2, 0.25) is 0 Å². The molecule has 0 atom stereocenters. The largest absolute Gasteiger partial charge is 0.106 e. The quantitative estimate of drug-likeness (QED) is 0.436. The third kappa shape index (κ3) is 4.69. The molecule has 2 aliphatic carbocycles. The van der Waals surface area contributed by atoms with E-state index in [1.165, 1.54) is 64.2 Å². The van der Waals surface area contributed by atoms with E-state index in [0.717, 1.165) is 17.8 Å². The summed E-state index contributed by atoms with van der Waals surface area (Å²) in [5, 5.41) is 0. The van der Waals surface area contributed by atoms with Gasteiger partial charge >= 0.3 is 0 Å². The molecule has 0 N–H and O–H groups in total. The van der Waals surface area contributed by atoms with Crippen LogP contribution in [0.4, 0.5) is 0 Å². The van der Waals surface area contributed by atoms with Crippen molar-refractivity contribution in [1.29, 1.82) is 0 Å². The molecular weight excluding hydrogens is 240 g/mol. The molecule has 0 bridgehead atoms. The minimum absolute atomic E-state index is 0.713. The van der Waals surface area contributed by atoms with Crippen molar-refractivity contribution in [3.05, 3.63) is 12.2 Å². The average molecular weight is 272 g/mol. The number of unbranched alkanes of at least 4 members (excludes halogenated alkanes) is 1. The van der Waals surface area contributed by atoms with Crippen molar-refractivity contribution < 1.29 is 0 Å². The van der Waals surface area contributed by atoms with Crippen molar-refractivity contribution >= 4 is 0 Å². The lowest BCUT2D eigenvalue weighted by molar-refractivity contribution is 0.168. The van der Waals surface area contributed by atoms with E-state index >= 15 is 0 Å². The van der Waals surface area contributed by atoms with Crippen LogP contribution in [-0.4, -0.2) is 0 Å². The summed E-state index contributed by atoms with van der Waals surface area (Å²) >= 11 is 0. The van der Waals surface area contributed by atoms with Crippen LogP contribution in [0.2, 0.25) is 0 Å². The molecule has 2 fully saturated rings. The van der Waals surface area contributed by atoms with E-state index in [4.69, 9.17) is 0 Å². The molecule has 0 heterocycles. The van der Waals surface area contributed by atoms with E-state index in [0.29, 0.717) is 5.92 Å². The standard InChI is InChI=1S/C20H32/c1-3-5-6-8-18-11-15-20(16-12-18)19-13-9-17(7-4-2)10-14-19/h6,8,17-20H,3,5,9-16H2,1-2H3/b8-6+. The van der Waals surface area contributed by atoms with Gasteiger partial charge in [-0.3, -0.25) is 0 Å². The number of hydrogen-bond acceptors (Lipinski definition) is 0. The van der Waals surface area contributed by atoms with Gasteiger partial charge in [0.15, 0.2) is 0 Å². The van der Waals surface area contributed by atoms with Gasteiger partial charge in [-0.1, -0.05) is 25.5 Å². The Balaban J connectivity index is 1.70. The maximum absolute atomic E-state index is 3.38. The normalized spacial score (nSPS) is 34.7. The van der Waals surface area contributed by atoms with Crippen molar-refractivity contribution in [2.45, 2.75) is 78.1 Å². The zero-order valence-electron chi connectivity index (χ0n) is 13.5. The molecule has 0 aromatic heterocycles. The van der Waals surface area contributed by atoms with Gasteiger partial charge in [-0.15, -0.1) is 11.8 Å². The highest BCUT2D eigenvalue weighted by atomic mass is 14.3. The average Bonchev–Trinajstić information content (AvgIpc) is 2.49. The molecule has 0 radical (unpaired) electrons. The van der Waals surface area contributed by atoms with Gasteiger partial charge in [0.05, 0.1) is 0 Å². The van der Waals surface area contributed by atoms with Crippen LogP contribution in [-0.2, 0) is 0 Å². The highest BCUT2D eigenvalue weighted by Gasteiger charge is 2.29. The first kappa shape index (κ1) is 15.7. The van der Waals surface area contributed by atoms with Gasteiger partial charge in [0, 0.05) is 5.92 Å². The second kappa shape index (κ2) is 8.56. The molecule has 2 aliphatic rings. The van der Waals surface area contributed by atoms with E-state index in [1.807, 2.05) is 6.92 Å². The molecule has 2 saturated carbocycles. The second-order valence-corrected chi connectivity index (χ2v) is 6.90. The summed E-state index contributed by atoms with van der Waals surface area (Å²) in [4.78, 5) is 0. The van der Waals surface area contributed by atoms with Gasteiger partial charge < -0.3 is 0 Å². The summed E-state index contributed by atoms with van der Waals surface area (Å²) in [7, 11) is 0. The van der Waals surface area contributed by atoms with Crippen LogP contribution in [0.5, 0.6) is 0 Å². The van der Waals surface area contributed by atoms with Crippen molar-refractivity contribution in [3.8, 4) is 11.8 Å². The van der Waals surface area contributed by atoms with Crippen LogP contribution in [0.15, 0.2) is 12.2 Å². The topological polar surface area (TPSA) is 0 Å². The van der Waals surface area contributed by atoms with Gasteiger partial charge in [0.1, 0.15) is 0 Å². The monoisotopic (exact) mass is 272 g/mol. The summed E-state index contributed by atoms with van der Waals surface area (Å²) in [5.41, 5.74) is 0. The Bertz CT molecular complexity index is 338. The molecule has 0 unspecified atom stereocenters. The zero-order chi connectivity index (χ0) is 14.2. The Labute approximate surface area is 126 Å². The Hall–Kier alpha value is -0.700. The molecular formula is C20H32. The molecule has 0 aliphatic heterocycles. The number of allylic oxidation sites excluding steroid dienone is 2. The van der Waals surface area contributed by atoms with Crippen LogP contribution < -0.4 is 0 Å². The van der Waals surface area contributed by atoms with E-state index in [1.54, 1.807) is 0 Å². The van der Waals surface area contributed by atoms with Crippen molar-refractivity contribution in [1.82, 2.24) is 0 Å². The molecule has 0 aromatic rings. The fourth-order valence-electron chi connectivity index (χ4n) is 4.20. The molecule has 0 saturated heterocycles. The minimum atomic E-state index is 0.713. The zero-order valence-corrected chi connectivity index (χ0v) is 13.5. The fraction of sp³-hybridized carbons (Fsp3) is 0.800. The summed E-state index contributed by atoms with van der Waals surface area (Å²) < 4.78 is 0. The predicted octanol–water partition coefficient (Wildman–Crippen LogP) is 5.98. The van der Waals surface area contributed by atoms with Crippen LogP contribution in [0.1, 0.15) is 78.1 Å². The van der Waals surface area contributed by atoms with Crippen LogP contribution >= 0.6 is 0 Å². The highest BCUT2D eigenvalue weighted by molar-refractivity contribution is 5.02. The first-order valence-electron chi connectivity index (χ1n) is 8.92. The molecule has 20 heavy (non-hydrogen) atoms. The Morgan fingerprint density at radius 2 is 1.50 bits per heavy atom. The SMILES string of the molecule is CC#CC1CCC(C2CCC(/C=C/CCC)CC2)CC1. The molecule has 2 rings (SSSR count). The third-order valence-corrected chi connectivity index (χ3v) is 5.47. The Morgan fingerprint density at radius 3 is 2.05 bits per heavy atom. The van der Waals surface area contributed by atoms with E-state index in [9.17, 15) is 0 Å². The van der Waals surface area contributed by atoms with Crippen molar-refractivity contribution in [2.75, 3.05) is 0 Å². The molecule has 0 nitrogen and oxygen atoms in total. The van der Waals surface area contributed by atoms with Crippen LogP contribution in [0.25, 0.3) is 0 Å².